The summed E-state index contributed by atoms with van der Waals surface area (Å²) in [5.41, 5.74) is 0. The van der Waals surface area contributed by atoms with Gasteiger partial charge in [-0.1, -0.05) is 12.8 Å². The number of aliphatic hydroxyl groups is 1. The summed E-state index contributed by atoms with van der Waals surface area (Å²) in [4.78, 5) is 0. The quantitative estimate of drug-likeness (QED) is 0.603. The summed E-state index contributed by atoms with van der Waals surface area (Å²) in [6.07, 6.45) is 13.2. The van der Waals surface area contributed by atoms with Crippen molar-refractivity contribution in [1.29, 1.82) is 0 Å². The fourth-order valence-electron chi connectivity index (χ4n) is 2.20. The third-order valence-electron chi connectivity index (χ3n) is 3.18. The molecule has 0 radical (unpaired) electrons. The van der Waals surface area contributed by atoms with E-state index < -0.39 is 0 Å². The van der Waals surface area contributed by atoms with Crippen LogP contribution in [0.2, 0.25) is 0 Å². The summed E-state index contributed by atoms with van der Waals surface area (Å²) >= 11 is 0. The molecule has 0 aromatic rings. The third-order valence-corrected chi connectivity index (χ3v) is 3.18. The number of fused-ring (bicyclic) bond motifs is 1. The summed E-state index contributed by atoms with van der Waals surface area (Å²) in [5.74, 6) is 0.589. The highest BCUT2D eigenvalue weighted by Gasteiger charge is 2.39. The van der Waals surface area contributed by atoms with Gasteiger partial charge in [-0.2, -0.15) is 0 Å². The van der Waals surface area contributed by atoms with E-state index in [1.165, 1.54) is 38.5 Å². The summed E-state index contributed by atoms with van der Waals surface area (Å²) in [7, 11) is 0. The van der Waals surface area contributed by atoms with Gasteiger partial charge in [0, 0.05) is 6.42 Å². The Morgan fingerprint density at radius 2 is 1.79 bits per heavy atom. The SMILES string of the molecule is C1CCC2OC2C1.OC1=CCCCC1. The van der Waals surface area contributed by atoms with Gasteiger partial charge in [-0.15, -0.1) is 0 Å². The van der Waals surface area contributed by atoms with Crippen LogP contribution in [0.3, 0.4) is 0 Å². The first kappa shape index (κ1) is 10.0. The monoisotopic (exact) mass is 196 g/mol. The number of ether oxygens (including phenoxy) is 1. The molecule has 0 spiro atoms. The van der Waals surface area contributed by atoms with Crippen molar-refractivity contribution >= 4 is 0 Å². The molecule has 1 saturated heterocycles. The van der Waals surface area contributed by atoms with Gasteiger partial charge in [0.15, 0.2) is 0 Å². The van der Waals surface area contributed by atoms with Crippen molar-refractivity contribution in [2.45, 2.75) is 63.6 Å². The molecule has 2 heteroatoms. The molecule has 1 N–H and O–H groups in total. The van der Waals surface area contributed by atoms with E-state index in [-0.39, 0.29) is 0 Å². The maximum Gasteiger partial charge on any atom is 0.0882 e. The Labute approximate surface area is 86.0 Å². The Bertz CT molecular complexity index is 200. The van der Waals surface area contributed by atoms with E-state index in [4.69, 9.17) is 9.84 Å². The number of epoxide rings is 1. The van der Waals surface area contributed by atoms with Crippen LogP contribution in [0, 0.1) is 0 Å². The van der Waals surface area contributed by atoms with Crippen molar-refractivity contribution in [3.05, 3.63) is 11.8 Å². The molecule has 2 atom stereocenters. The molecule has 0 amide bonds. The van der Waals surface area contributed by atoms with Crippen LogP contribution in [0.4, 0.5) is 0 Å². The van der Waals surface area contributed by atoms with Gasteiger partial charge in [0.1, 0.15) is 0 Å². The Kier molecular flexibility index (Phi) is 3.46. The van der Waals surface area contributed by atoms with Gasteiger partial charge in [0.25, 0.3) is 0 Å². The summed E-state index contributed by atoms with van der Waals surface area (Å²) in [6, 6.07) is 0. The molecule has 1 heterocycles. The average Bonchev–Trinajstić information content (AvgIpc) is 2.98. The fourth-order valence-corrected chi connectivity index (χ4v) is 2.20. The maximum absolute atomic E-state index is 8.77. The molecule has 2 fully saturated rings. The fraction of sp³-hybridized carbons (Fsp3) is 0.833. The molecule has 1 saturated carbocycles. The zero-order chi connectivity index (χ0) is 9.80. The zero-order valence-electron chi connectivity index (χ0n) is 8.74. The van der Waals surface area contributed by atoms with Crippen LogP contribution in [0.25, 0.3) is 0 Å². The number of hydrogen-bond acceptors (Lipinski definition) is 2. The molecule has 2 nitrogen and oxygen atoms in total. The van der Waals surface area contributed by atoms with Crippen LogP contribution >= 0.6 is 0 Å². The minimum absolute atomic E-state index is 0.589. The second-order valence-electron chi connectivity index (χ2n) is 4.44. The standard InChI is InChI=1S/2C6H10O/c1-2-4-6-5(3-1)7-6;7-6-4-2-1-3-5-6/h5-6H,1-4H2;4,7H,1-3,5H2. The lowest BCUT2D eigenvalue weighted by atomic mass is 10.0. The molecular weight excluding hydrogens is 176 g/mol. The molecule has 2 aliphatic carbocycles. The minimum Gasteiger partial charge on any atom is -0.513 e. The molecule has 1 aliphatic heterocycles. The molecule has 0 aromatic heterocycles. The number of hydrogen-bond donors (Lipinski definition) is 1. The molecule has 3 rings (SSSR count). The third kappa shape index (κ3) is 3.02. The van der Waals surface area contributed by atoms with Gasteiger partial charge in [0.05, 0.1) is 18.0 Å². The first-order chi connectivity index (χ1) is 6.86. The highest BCUT2D eigenvalue weighted by atomic mass is 16.6. The van der Waals surface area contributed by atoms with E-state index in [0.29, 0.717) is 18.0 Å². The van der Waals surface area contributed by atoms with E-state index >= 15 is 0 Å². The lowest BCUT2D eigenvalue weighted by Gasteiger charge is -2.04. The molecule has 0 aromatic carbocycles. The second-order valence-corrected chi connectivity index (χ2v) is 4.44. The molecular formula is C12H20O2. The van der Waals surface area contributed by atoms with Crippen molar-refractivity contribution in [1.82, 2.24) is 0 Å². The zero-order valence-corrected chi connectivity index (χ0v) is 8.74. The Hall–Kier alpha value is -0.500. The topological polar surface area (TPSA) is 32.8 Å². The van der Waals surface area contributed by atoms with Crippen LogP contribution in [0.15, 0.2) is 11.8 Å². The smallest absolute Gasteiger partial charge is 0.0882 e. The summed E-state index contributed by atoms with van der Waals surface area (Å²) in [6.45, 7) is 0. The van der Waals surface area contributed by atoms with Gasteiger partial charge in [-0.05, 0) is 38.2 Å². The Morgan fingerprint density at radius 3 is 2.14 bits per heavy atom. The molecule has 14 heavy (non-hydrogen) atoms. The Balaban J connectivity index is 0.000000107. The normalized spacial score (nSPS) is 34.7. The van der Waals surface area contributed by atoms with Crippen molar-refractivity contribution in [2.75, 3.05) is 0 Å². The van der Waals surface area contributed by atoms with Crippen molar-refractivity contribution in [3.63, 3.8) is 0 Å². The summed E-state index contributed by atoms with van der Waals surface area (Å²) < 4.78 is 5.28. The van der Waals surface area contributed by atoms with E-state index in [1.54, 1.807) is 0 Å². The van der Waals surface area contributed by atoms with Crippen LogP contribution in [-0.4, -0.2) is 17.3 Å². The van der Waals surface area contributed by atoms with Crippen LogP contribution < -0.4 is 0 Å². The number of aliphatic hydroxyl groups excluding tert-OH is 1. The van der Waals surface area contributed by atoms with E-state index in [2.05, 4.69) is 0 Å². The van der Waals surface area contributed by atoms with Crippen LogP contribution in [0.1, 0.15) is 51.4 Å². The predicted molar refractivity (Wildman–Crippen MR) is 56.3 cm³/mol. The lowest BCUT2D eigenvalue weighted by Crippen LogP contribution is -2.00. The Morgan fingerprint density at radius 1 is 1.07 bits per heavy atom. The maximum atomic E-state index is 8.77. The predicted octanol–water partition coefficient (Wildman–Crippen LogP) is 3.33. The van der Waals surface area contributed by atoms with Crippen molar-refractivity contribution in [2.24, 2.45) is 0 Å². The number of allylic oxidation sites excluding steroid dienone is 2. The second kappa shape index (κ2) is 4.83. The lowest BCUT2D eigenvalue weighted by molar-refractivity contribution is 0.368. The number of rotatable bonds is 0. The van der Waals surface area contributed by atoms with Crippen molar-refractivity contribution in [3.8, 4) is 0 Å². The molecule has 0 bridgehead atoms. The molecule has 3 aliphatic rings. The van der Waals surface area contributed by atoms with E-state index in [1.807, 2.05) is 6.08 Å². The van der Waals surface area contributed by atoms with Gasteiger partial charge in [0.2, 0.25) is 0 Å². The van der Waals surface area contributed by atoms with E-state index in [0.717, 1.165) is 12.8 Å². The summed E-state index contributed by atoms with van der Waals surface area (Å²) in [5, 5.41) is 8.77. The highest BCUT2D eigenvalue weighted by molar-refractivity contribution is 4.93. The molecule has 2 unspecified atom stereocenters. The first-order valence-electron chi connectivity index (χ1n) is 5.90. The van der Waals surface area contributed by atoms with Crippen LogP contribution in [-0.2, 0) is 4.74 Å². The first-order valence-corrected chi connectivity index (χ1v) is 5.90. The van der Waals surface area contributed by atoms with E-state index in [9.17, 15) is 0 Å². The van der Waals surface area contributed by atoms with Gasteiger partial charge < -0.3 is 9.84 Å². The minimum atomic E-state index is 0.589. The average molecular weight is 196 g/mol. The van der Waals surface area contributed by atoms with Gasteiger partial charge in [-0.3, -0.25) is 0 Å². The molecule has 80 valence electrons. The largest absolute Gasteiger partial charge is 0.513 e. The van der Waals surface area contributed by atoms with Gasteiger partial charge >= 0.3 is 0 Å². The highest BCUT2D eigenvalue weighted by Crippen LogP contribution is 2.35. The van der Waals surface area contributed by atoms with Gasteiger partial charge in [-0.25, -0.2) is 0 Å². The van der Waals surface area contributed by atoms with Crippen LogP contribution in [0.5, 0.6) is 0 Å². The van der Waals surface area contributed by atoms with Crippen molar-refractivity contribution < 1.29 is 9.84 Å².